The zero-order valence-electron chi connectivity index (χ0n) is 7.36. The van der Waals surface area contributed by atoms with Crippen molar-refractivity contribution >= 4 is 10.1 Å². The minimum Gasteiger partial charge on any atom is -0.189 e. The van der Waals surface area contributed by atoms with Crippen molar-refractivity contribution in [3.63, 3.8) is 0 Å². The number of halogens is 8. The van der Waals surface area contributed by atoms with E-state index in [1.54, 1.807) is 6.58 Å². The molecule has 0 unspecified atom stereocenters. The second-order valence-corrected chi connectivity index (χ2v) is 4.01. The minimum absolute atomic E-state index is 1.73. The summed E-state index contributed by atoms with van der Waals surface area (Å²) < 4.78 is 117. The van der Waals surface area contributed by atoms with E-state index in [-0.39, 0.29) is 0 Å². The third-order valence-corrected chi connectivity index (χ3v) is 2.19. The summed E-state index contributed by atoms with van der Waals surface area (Å²) in [5.41, 5.74) is -9.35. The Hall–Kier alpha value is -0.910. The summed E-state index contributed by atoms with van der Waals surface area (Å²) in [5, 5.41) is 0. The molecule has 0 aliphatic heterocycles. The van der Waals surface area contributed by atoms with Gasteiger partial charge in [0.1, 0.15) is 5.57 Å². The molecule has 0 rings (SSSR count). The molecule has 0 atom stereocenters. The maximum Gasteiger partial charge on any atom is 0.523 e. The van der Waals surface area contributed by atoms with Crippen molar-refractivity contribution in [3.05, 3.63) is 12.2 Å². The Bertz CT molecular complexity index is 402. The van der Waals surface area contributed by atoms with Gasteiger partial charge in [0, 0.05) is 0 Å². The van der Waals surface area contributed by atoms with E-state index in [0.717, 1.165) is 0 Å². The standard InChI is InChI=1S/C5H2F8O3S/c1-2(3(6,7)8)4(9,10)16-17(14,15)5(11,12)13/h1H2. The van der Waals surface area contributed by atoms with Crippen LogP contribution in [0, 0.1) is 0 Å². The maximum absolute atomic E-state index is 12.4. The summed E-state index contributed by atoms with van der Waals surface area (Å²) >= 11 is 0. The zero-order chi connectivity index (χ0) is 14.3. The highest BCUT2D eigenvalue weighted by molar-refractivity contribution is 7.87. The molecule has 3 nitrogen and oxygen atoms in total. The van der Waals surface area contributed by atoms with Gasteiger partial charge in [-0.25, -0.2) is 0 Å². The highest BCUT2D eigenvalue weighted by Gasteiger charge is 2.58. The third kappa shape index (κ3) is 3.80. The van der Waals surface area contributed by atoms with Gasteiger partial charge in [-0.2, -0.15) is 47.7 Å². The fourth-order valence-corrected chi connectivity index (χ4v) is 0.871. The molecule has 0 fully saturated rings. The summed E-state index contributed by atoms with van der Waals surface area (Å²) in [5.74, 6) is 0. The smallest absolute Gasteiger partial charge is 0.189 e. The Kier molecular flexibility index (Phi) is 3.86. The lowest BCUT2D eigenvalue weighted by Gasteiger charge is -2.20. The lowest BCUT2D eigenvalue weighted by molar-refractivity contribution is -0.201. The summed E-state index contributed by atoms with van der Waals surface area (Å²) in [4.78, 5) is 0. The van der Waals surface area contributed by atoms with Gasteiger partial charge < -0.3 is 0 Å². The molecular formula is C5H2F8O3S. The van der Waals surface area contributed by atoms with Gasteiger partial charge in [-0.3, -0.25) is 0 Å². The molecule has 0 saturated heterocycles. The molecule has 0 aliphatic carbocycles. The van der Waals surface area contributed by atoms with Gasteiger partial charge in [0.25, 0.3) is 0 Å². The molecule has 0 bridgehead atoms. The second-order valence-electron chi connectivity index (χ2n) is 2.48. The quantitative estimate of drug-likeness (QED) is 0.348. The molecule has 0 aromatic heterocycles. The van der Waals surface area contributed by atoms with Gasteiger partial charge in [0.2, 0.25) is 0 Å². The molecule has 0 amide bonds. The van der Waals surface area contributed by atoms with Crippen LogP contribution in [0.15, 0.2) is 12.2 Å². The summed E-state index contributed by atoms with van der Waals surface area (Å²) in [6.45, 7) is 1.73. The number of hydrogen-bond donors (Lipinski definition) is 0. The van der Waals surface area contributed by atoms with Crippen molar-refractivity contribution < 1.29 is 47.7 Å². The summed E-state index contributed by atoms with van der Waals surface area (Å²) in [6, 6.07) is 0. The van der Waals surface area contributed by atoms with Gasteiger partial charge in [0.15, 0.2) is 0 Å². The Labute approximate surface area is 88.8 Å². The number of rotatable bonds is 3. The average molecular weight is 294 g/mol. The third-order valence-electron chi connectivity index (χ3n) is 1.19. The van der Waals surface area contributed by atoms with E-state index in [1.165, 1.54) is 0 Å². The maximum atomic E-state index is 12.4. The van der Waals surface area contributed by atoms with E-state index < -0.39 is 33.5 Å². The first-order chi connectivity index (χ1) is 7.11. The topological polar surface area (TPSA) is 43.4 Å². The van der Waals surface area contributed by atoms with Crippen molar-refractivity contribution in [2.75, 3.05) is 0 Å². The molecule has 0 aromatic rings. The largest absolute Gasteiger partial charge is 0.523 e. The summed E-state index contributed by atoms with van der Waals surface area (Å²) in [6.07, 6.45) is -11.6. The average Bonchev–Trinajstić information content (AvgIpc) is 1.96. The van der Waals surface area contributed by atoms with Gasteiger partial charge >= 0.3 is 27.9 Å². The minimum atomic E-state index is -6.87. The molecule has 0 aromatic carbocycles. The second kappa shape index (κ2) is 4.08. The molecular weight excluding hydrogens is 292 g/mol. The van der Waals surface area contributed by atoms with Crippen LogP contribution in [0.5, 0.6) is 0 Å². The molecule has 0 saturated carbocycles. The van der Waals surface area contributed by atoms with Crippen molar-refractivity contribution in [2.45, 2.75) is 17.8 Å². The number of hydrogen-bond acceptors (Lipinski definition) is 3. The molecule has 0 spiro atoms. The predicted molar refractivity (Wildman–Crippen MR) is 36.2 cm³/mol. The lowest BCUT2D eigenvalue weighted by Crippen LogP contribution is -2.38. The molecule has 17 heavy (non-hydrogen) atoms. The molecule has 0 radical (unpaired) electrons. The van der Waals surface area contributed by atoms with Crippen LogP contribution in [0.3, 0.4) is 0 Å². The van der Waals surface area contributed by atoms with Crippen LogP contribution < -0.4 is 0 Å². The SMILES string of the molecule is C=C(C(F)(F)F)C(F)(F)OS(=O)(=O)C(F)(F)F. The van der Waals surface area contributed by atoms with Crippen LogP contribution in [0.2, 0.25) is 0 Å². The normalized spacial score (nSPS) is 14.8. The molecule has 0 heterocycles. The Balaban J connectivity index is 5.23. The van der Waals surface area contributed by atoms with Gasteiger partial charge in [-0.1, -0.05) is 6.58 Å². The van der Waals surface area contributed by atoms with Crippen LogP contribution >= 0.6 is 0 Å². The van der Waals surface area contributed by atoms with Crippen LogP contribution in [0.25, 0.3) is 0 Å². The molecule has 12 heteroatoms. The van der Waals surface area contributed by atoms with Gasteiger partial charge in [-0.05, 0) is 0 Å². The van der Waals surface area contributed by atoms with Crippen LogP contribution in [-0.2, 0) is 14.3 Å². The van der Waals surface area contributed by atoms with E-state index in [9.17, 15) is 43.5 Å². The van der Waals surface area contributed by atoms with Crippen molar-refractivity contribution in [2.24, 2.45) is 0 Å². The molecule has 0 aliphatic rings. The van der Waals surface area contributed by atoms with Crippen molar-refractivity contribution in [3.8, 4) is 0 Å². The molecule has 102 valence electrons. The van der Waals surface area contributed by atoms with E-state index in [2.05, 4.69) is 4.18 Å². The zero-order valence-corrected chi connectivity index (χ0v) is 8.18. The van der Waals surface area contributed by atoms with Crippen LogP contribution in [-0.4, -0.2) is 26.2 Å². The van der Waals surface area contributed by atoms with Gasteiger partial charge in [-0.15, -0.1) is 0 Å². The first-order valence-corrected chi connectivity index (χ1v) is 4.68. The Morgan fingerprint density at radius 1 is 0.941 bits per heavy atom. The Morgan fingerprint density at radius 3 is 1.53 bits per heavy atom. The predicted octanol–water partition coefficient (Wildman–Crippen LogP) is 2.56. The van der Waals surface area contributed by atoms with E-state index in [0.29, 0.717) is 0 Å². The monoisotopic (exact) mass is 294 g/mol. The first-order valence-electron chi connectivity index (χ1n) is 3.27. The van der Waals surface area contributed by atoms with Crippen LogP contribution in [0.1, 0.15) is 0 Å². The number of alkyl halides is 8. The first kappa shape index (κ1) is 16.1. The highest BCUT2D eigenvalue weighted by atomic mass is 32.2. The fourth-order valence-electron chi connectivity index (χ4n) is 0.400. The molecule has 0 N–H and O–H groups in total. The van der Waals surface area contributed by atoms with Crippen molar-refractivity contribution in [1.29, 1.82) is 0 Å². The van der Waals surface area contributed by atoms with Gasteiger partial charge in [0.05, 0.1) is 0 Å². The summed E-state index contributed by atoms with van der Waals surface area (Å²) in [7, 11) is -6.87. The highest BCUT2D eigenvalue weighted by Crippen LogP contribution is 2.40. The van der Waals surface area contributed by atoms with E-state index in [1.807, 2.05) is 0 Å². The van der Waals surface area contributed by atoms with E-state index in [4.69, 9.17) is 0 Å². The van der Waals surface area contributed by atoms with Crippen molar-refractivity contribution in [1.82, 2.24) is 0 Å². The Morgan fingerprint density at radius 2 is 1.29 bits per heavy atom. The lowest BCUT2D eigenvalue weighted by atomic mass is 10.3. The fraction of sp³-hybridized carbons (Fsp3) is 0.600. The van der Waals surface area contributed by atoms with Crippen LogP contribution in [0.4, 0.5) is 35.1 Å². The van der Waals surface area contributed by atoms with E-state index >= 15 is 0 Å².